The summed E-state index contributed by atoms with van der Waals surface area (Å²) in [5.41, 5.74) is 2.85. The molecule has 2 aromatic heterocycles. The van der Waals surface area contributed by atoms with Crippen LogP contribution in [-0.2, 0) is 0 Å². The number of halogens is 1. The Labute approximate surface area is 155 Å². The van der Waals surface area contributed by atoms with Crippen molar-refractivity contribution in [3.05, 3.63) is 66.2 Å². The highest BCUT2D eigenvalue weighted by molar-refractivity contribution is 5.85. The van der Waals surface area contributed by atoms with E-state index < -0.39 is 0 Å². The van der Waals surface area contributed by atoms with Crippen LogP contribution >= 0.6 is 0 Å². The fraction of sp³-hybridized carbons (Fsp3) is 0.100. The van der Waals surface area contributed by atoms with Gasteiger partial charge in [-0.25, -0.2) is 9.37 Å². The number of aryl methyl sites for hydroxylation is 1. The summed E-state index contributed by atoms with van der Waals surface area (Å²) in [7, 11) is 1.62. The van der Waals surface area contributed by atoms with Crippen LogP contribution in [0.25, 0.3) is 10.9 Å². The highest BCUT2D eigenvalue weighted by atomic mass is 19.1. The second-order valence-electron chi connectivity index (χ2n) is 6.08. The fourth-order valence-corrected chi connectivity index (χ4v) is 2.83. The van der Waals surface area contributed by atoms with E-state index in [9.17, 15) is 4.39 Å². The van der Waals surface area contributed by atoms with Crippen molar-refractivity contribution in [1.29, 1.82) is 0 Å². The maximum absolute atomic E-state index is 14.7. The Morgan fingerprint density at radius 3 is 2.63 bits per heavy atom. The predicted octanol–water partition coefficient (Wildman–Crippen LogP) is 4.90. The molecule has 0 spiro atoms. The Kier molecular flexibility index (Phi) is 4.33. The first-order valence-electron chi connectivity index (χ1n) is 8.41. The lowest BCUT2D eigenvalue weighted by atomic mass is 10.2. The summed E-state index contributed by atoms with van der Waals surface area (Å²) >= 11 is 0. The van der Waals surface area contributed by atoms with Gasteiger partial charge in [0.25, 0.3) is 0 Å². The van der Waals surface area contributed by atoms with Crippen LogP contribution in [0.5, 0.6) is 5.75 Å². The van der Waals surface area contributed by atoms with Gasteiger partial charge >= 0.3 is 0 Å². The summed E-state index contributed by atoms with van der Waals surface area (Å²) in [5.74, 6) is 1.35. The summed E-state index contributed by atoms with van der Waals surface area (Å²) in [4.78, 5) is 11.7. The van der Waals surface area contributed by atoms with Crippen molar-refractivity contribution in [2.45, 2.75) is 6.92 Å². The van der Waals surface area contributed by atoms with Crippen LogP contribution in [0.15, 0.2) is 54.7 Å². The van der Waals surface area contributed by atoms with E-state index in [0.717, 1.165) is 22.6 Å². The van der Waals surface area contributed by atoms with E-state index in [0.29, 0.717) is 22.8 Å². The van der Waals surface area contributed by atoms with Crippen molar-refractivity contribution in [3.63, 3.8) is 0 Å². The summed E-state index contributed by atoms with van der Waals surface area (Å²) in [6.07, 6.45) is 1.61. The first-order chi connectivity index (χ1) is 13.1. The molecule has 0 aliphatic rings. The average Bonchev–Trinajstić information content (AvgIpc) is 3.06. The second kappa shape index (κ2) is 6.95. The number of nitrogens with zero attached hydrogens (tertiary/aromatic N) is 2. The molecule has 0 saturated heterocycles. The number of nitrogens with one attached hydrogen (secondary N) is 3. The lowest BCUT2D eigenvalue weighted by Crippen LogP contribution is -2.01. The molecule has 2 aromatic carbocycles. The third-order valence-electron chi connectivity index (χ3n) is 4.14. The predicted molar refractivity (Wildman–Crippen MR) is 105 cm³/mol. The minimum Gasteiger partial charge on any atom is -0.497 e. The molecule has 136 valence electrons. The van der Waals surface area contributed by atoms with Crippen LogP contribution in [0, 0.1) is 12.7 Å². The molecule has 3 N–H and O–H groups in total. The zero-order valence-electron chi connectivity index (χ0n) is 14.9. The topological polar surface area (TPSA) is 74.9 Å². The molecule has 0 radical (unpaired) electrons. The highest BCUT2D eigenvalue weighted by Crippen LogP contribution is 2.27. The largest absolute Gasteiger partial charge is 0.497 e. The zero-order chi connectivity index (χ0) is 18.8. The molecule has 0 atom stereocenters. The molecule has 27 heavy (non-hydrogen) atoms. The van der Waals surface area contributed by atoms with E-state index in [1.165, 1.54) is 0 Å². The van der Waals surface area contributed by atoms with Crippen molar-refractivity contribution in [1.82, 2.24) is 15.0 Å². The normalized spacial score (nSPS) is 10.8. The van der Waals surface area contributed by atoms with Crippen LogP contribution in [0.1, 0.15) is 5.69 Å². The minimum absolute atomic E-state index is 0.319. The molecule has 6 nitrogen and oxygen atoms in total. The molecule has 0 aliphatic carbocycles. The molecule has 4 aromatic rings. The van der Waals surface area contributed by atoms with Gasteiger partial charge in [0.15, 0.2) is 5.82 Å². The number of methoxy groups -OCH3 is 1. The summed E-state index contributed by atoms with van der Waals surface area (Å²) in [5, 5.41) is 6.68. The van der Waals surface area contributed by atoms with Gasteiger partial charge in [0, 0.05) is 28.5 Å². The van der Waals surface area contributed by atoms with E-state index >= 15 is 0 Å². The van der Waals surface area contributed by atoms with E-state index in [4.69, 9.17) is 4.74 Å². The van der Waals surface area contributed by atoms with Crippen molar-refractivity contribution in [2.24, 2.45) is 0 Å². The maximum atomic E-state index is 14.7. The molecule has 0 unspecified atom stereocenters. The number of fused-ring (bicyclic) bond motifs is 1. The smallest absolute Gasteiger partial charge is 0.229 e. The minimum atomic E-state index is -0.319. The van der Waals surface area contributed by atoms with Crippen molar-refractivity contribution in [3.8, 4) is 5.75 Å². The number of hydrogen-bond donors (Lipinski definition) is 3. The van der Waals surface area contributed by atoms with Gasteiger partial charge in [0.2, 0.25) is 5.95 Å². The van der Waals surface area contributed by atoms with Crippen LogP contribution in [-0.4, -0.2) is 22.1 Å². The highest BCUT2D eigenvalue weighted by Gasteiger charge is 2.10. The standard InChI is InChI=1S/C20H18FN5O/c1-12-11-15-16(23-12)7-8-17(19(15)21)25-18-9-10-22-20(26-18)24-13-3-5-14(27-2)6-4-13/h3-11,23H,1-2H3,(H2,22,24,25,26). The third kappa shape index (κ3) is 3.52. The Morgan fingerprint density at radius 1 is 1.04 bits per heavy atom. The number of rotatable bonds is 5. The fourth-order valence-electron chi connectivity index (χ4n) is 2.83. The first kappa shape index (κ1) is 16.8. The van der Waals surface area contributed by atoms with Gasteiger partial charge in [0.05, 0.1) is 12.8 Å². The van der Waals surface area contributed by atoms with Crippen LogP contribution < -0.4 is 15.4 Å². The van der Waals surface area contributed by atoms with Crippen molar-refractivity contribution in [2.75, 3.05) is 17.7 Å². The maximum Gasteiger partial charge on any atom is 0.229 e. The van der Waals surface area contributed by atoms with E-state index in [1.807, 2.05) is 37.3 Å². The van der Waals surface area contributed by atoms with Crippen LogP contribution in [0.3, 0.4) is 0 Å². The third-order valence-corrected chi connectivity index (χ3v) is 4.14. The van der Waals surface area contributed by atoms with E-state index in [1.54, 1.807) is 31.5 Å². The molecule has 0 saturated carbocycles. The molecule has 0 bridgehead atoms. The Morgan fingerprint density at radius 2 is 1.85 bits per heavy atom. The van der Waals surface area contributed by atoms with Gasteiger partial charge in [-0.2, -0.15) is 4.98 Å². The summed E-state index contributed by atoms with van der Waals surface area (Å²) in [6.45, 7) is 1.90. The Hall–Kier alpha value is -3.61. The Balaban J connectivity index is 1.56. The monoisotopic (exact) mass is 363 g/mol. The molecule has 4 rings (SSSR count). The van der Waals surface area contributed by atoms with Crippen LogP contribution in [0.4, 0.5) is 27.5 Å². The number of aromatic nitrogens is 3. The van der Waals surface area contributed by atoms with Gasteiger partial charge in [-0.05, 0) is 55.5 Å². The van der Waals surface area contributed by atoms with Crippen LogP contribution in [0.2, 0.25) is 0 Å². The number of anilines is 4. The van der Waals surface area contributed by atoms with E-state index in [-0.39, 0.29) is 5.82 Å². The van der Waals surface area contributed by atoms with Gasteiger partial charge in [-0.15, -0.1) is 0 Å². The molecule has 0 amide bonds. The van der Waals surface area contributed by atoms with Crippen molar-refractivity contribution < 1.29 is 9.13 Å². The summed E-state index contributed by atoms with van der Waals surface area (Å²) in [6, 6.07) is 14.4. The second-order valence-corrected chi connectivity index (χ2v) is 6.08. The first-order valence-corrected chi connectivity index (χ1v) is 8.41. The lowest BCUT2D eigenvalue weighted by molar-refractivity contribution is 0.415. The molecular weight excluding hydrogens is 345 g/mol. The SMILES string of the molecule is COc1ccc(Nc2nccc(Nc3ccc4[nH]c(C)cc4c3F)n2)cc1. The number of aromatic amines is 1. The van der Waals surface area contributed by atoms with Gasteiger partial charge in [0.1, 0.15) is 11.6 Å². The Bertz CT molecular complexity index is 1090. The lowest BCUT2D eigenvalue weighted by Gasteiger charge is -2.10. The summed E-state index contributed by atoms with van der Waals surface area (Å²) < 4.78 is 19.9. The average molecular weight is 363 g/mol. The zero-order valence-corrected chi connectivity index (χ0v) is 14.9. The van der Waals surface area contributed by atoms with Gasteiger partial charge in [-0.1, -0.05) is 0 Å². The molecule has 0 fully saturated rings. The number of benzene rings is 2. The molecule has 2 heterocycles. The van der Waals surface area contributed by atoms with Crippen molar-refractivity contribution >= 4 is 34.0 Å². The molecule has 7 heteroatoms. The quantitative estimate of drug-likeness (QED) is 0.470. The number of ether oxygens (including phenoxy) is 1. The van der Waals surface area contributed by atoms with E-state index in [2.05, 4.69) is 25.6 Å². The molecule has 0 aliphatic heterocycles. The number of H-pyrrole nitrogens is 1. The number of hydrogen-bond acceptors (Lipinski definition) is 5. The van der Waals surface area contributed by atoms with Gasteiger partial charge < -0.3 is 20.4 Å². The molecular formula is C20H18FN5O. The van der Waals surface area contributed by atoms with Gasteiger partial charge in [-0.3, -0.25) is 0 Å².